The molecule has 1 saturated carbocycles. The summed E-state index contributed by atoms with van der Waals surface area (Å²) >= 11 is 1.43. The molecule has 5 rings (SSSR count). The number of carbonyl (C=O) groups is 1. The van der Waals surface area contributed by atoms with E-state index < -0.39 is 0 Å². The van der Waals surface area contributed by atoms with Gasteiger partial charge in [0, 0.05) is 35.6 Å². The first kappa shape index (κ1) is 16.7. The maximum absolute atomic E-state index is 12.6. The first-order valence-corrected chi connectivity index (χ1v) is 9.69. The van der Waals surface area contributed by atoms with Gasteiger partial charge in [0.25, 0.3) is 5.91 Å². The van der Waals surface area contributed by atoms with Crippen LogP contribution in [0.4, 0.5) is 5.82 Å². The molecule has 0 aromatic carbocycles. The third kappa shape index (κ3) is 3.27. The molecule has 0 unspecified atom stereocenters. The fraction of sp³-hybridized carbons (Fsp3) is 0.158. The van der Waals surface area contributed by atoms with Crippen molar-refractivity contribution in [2.45, 2.75) is 18.9 Å². The highest BCUT2D eigenvalue weighted by Crippen LogP contribution is 2.38. The Morgan fingerprint density at radius 3 is 2.96 bits per heavy atom. The van der Waals surface area contributed by atoms with Crippen molar-refractivity contribution < 1.29 is 4.79 Å². The van der Waals surface area contributed by atoms with Gasteiger partial charge in [0.2, 0.25) is 0 Å². The number of anilines is 1. The second-order valence-electron chi connectivity index (χ2n) is 6.46. The highest BCUT2D eigenvalue weighted by Gasteiger charge is 2.27. The van der Waals surface area contributed by atoms with Crippen molar-refractivity contribution in [3.8, 4) is 22.0 Å². The van der Waals surface area contributed by atoms with Crippen LogP contribution < -0.4 is 5.32 Å². The maximum atomic E-state index is 12.6. The van der Waals surface area contributed by atoms with Crippen molar-refractivity contribution in [3.63, 3.8) is 0 Å². The summed E-state index contributed by atoms with van der Waals surface area (Å²) in [4.78, 5) is 25.4. The summed E-state index contributed by atoms with van der Waals surface area (Å²) in [5.74, 6) is 0.903. The van der Waals surface area contributed by atoms with Crippen LogP contribution >= 0.6 is 11.3 Å². The first-order chi connectivity index (χ1) is 13.8. The summed E-state index contributed by atoms with van der Waals surface area (Å²) in [7, 11) is 0. The number of hydrogen-bond acceptors (Lipinski definition) is 7. The van der Waals surface area contributed by atoms with Crippen molar-refractivity contribution >= 4 is 23.1 Å². The van der Waals surface area contributed by atoms with E-state index in [-0.39, 0.29) is 5.91 Å². The number of carbonyl (C=O) groups excluding carboxylic acids is 1. The van der Waals surface area contributed by atoms with Crippen LogP contribution in [0.1, 0.15) is 29.4 Å². The lowest BCUT2D eigenvalue weighted by molar-refractivity contribution is 0.102. The lowest BCUT2D eigenvalue weighted by Gasteiger charge is -2.05. The largest absolute Gasteiger partial charge is 0.308 e. The smallest absolute Gasteiger partial charge is 0.275 e. The number of rotatable bonds is 5. The minimum atomic E-state index is -0.314. The molecule has 138 valence electrons. The van der Waals surface area contributed by atoms with E-state index in [9.17, 15) is 4.79 Å². The Morgan fingerprint density at radius 2 is 2.14 bits per heavy atom. The fourth-order valence-corrected chi connectivity index (χ4v) is 3.64. The lowest BCUT2D eigenvalue weighted by atomic mass is 10.1. The van der Waals surface area contributed by atoms with Gasteiger partial charge < -0.3 is 9.88 Å². The second-order valence-corrected chi connectivity index (χ2v) is 7.31. The van der Waals surface area contributed by atoms with Crippen LogP contribution in [0.3, 0.4) is 0 Å². The predicted octanol–water partition coefficient (Wildman–Crippen LogP) is 3.45. The van der Waals surface area contributed by atoms with Crippen LogP contribution in [-0.4, -0.2) is 35.6 Å². The second kappa shape index (κ2) is 6.93. The van der Waals surface area contributed by atoms with E-state index in [1.54, 1.807) is 36.4 Å². The average Bonchev–Trinajstić information content (AvgIpc) is 3.28. The number of aromatic nitrogens is 6. The summed E-state index contributed by atoms with van der Waals surface area (Å²) in [5.41, 5.74) is 2.12. The summed E-state index contributed by atoms with van der Waals surface area (Å²) in [6.07, 6.45) is 9.09. The van der Waals surface area contributed by atoms with Crippen LogP contribution in [-0.2, 0) is 0 Å². The van der Waals surface area contributed by atoms with E-state index in [4.69, 9.17) is 0 Å². The van der Waals surface area contributed by atoms with Crippen LogP contribution in [0.25, 0.3) is 22.0 Å². The molecule has 9 heteroatoms. The van der Waals surface area contributed by atoms with Crippen molar-refractivity contribution in [1.29, 1.82) is 0 Å². The molecule has 0 spiro atoms. The molecule has 0 aliphatic heterocycles. The third-order valence-electron chi connectivity index (χ3n) is 4.44. The van der Waals surface area contributed by atoms with Gasteiger partial charge in [-0.2, -0.15) is 0 Å². The molecule has 1 fully saturated rings. The maximum Gasteiger partial charge on any atom is 0.275 e. The summed E-state index contributed by atoms with van der Waals surface area (Å²) < 4.78 is 2.04. The van der Waals surface area contributed by atoms with Crippen molar-refractivity contribution in [2.24, 2.45) is 0 Å². The Hall–Kier alpha value is -3.46. The summed E-state index contributed by atoms with van der Waals surface area (Å²) in [5, 5.41) is 13.5. The Kier molecular flexibility index (Phi) is 4.13. The Labute approximate surface area is 164 Å². The topological polar surface area (TPSA) is 98.5 Å². The quantitative estimate of drug-likeness (QED) is 0.561. The molecule has 0 bridgehead atoms. The van der Waals surface area contributed by atoms with E-state index in [1.807, 2.05) is 22.8 Å². The lowest BCUT2D eigenvalue weighted by Crippen LogP contribution is -2.14. The standard InChI is InChI=1S/C19H15N7OS/c27-18(15-8-12(5-7-21-15)13-2-1-6-20-9-13)23-16-10-28-19(24-16)17-25-22-11-26(17)14-3-4-14/h1-2,5-11,14H,3-4H2,(H,23,27). The molecule has 4 aromatic heterocycles. The molecule has 28 heavy (non-hydrogen) atoms. The SMILES string of the molecule is O=C(Nc1csc(-c2nncn2C2CC2)n1)c1cc(-c2cccnc2)ccn1. The van der Waals surface area contributed by atoms with E-state index in [0.29, 0.717) is 17.6 Å². The van der Waals surface area contributed by atoms with Crippen molar-refractivity contribution in [2.75, 3.05) is 5.32 Å². The van der Waals surface area contributed by atoms with Gasteiger partial charge in [0.1, 0.15) is 17.8 Å². The van der Waals surface area contributed by atoms with Gasteiger partial charge in [0.15, 0.2) is 10.8 Å². The molecule has 4 heterocycles. The van der Waals surface area contributed by atoms with Gasteiger partial charge in [-0.25, -0.2) is 4.98 Å². The number of nitrogens with one attached hydrogen (secondary N) is 1. The first-order valence-electron chi connectivity index (χ1n) is 8.81. The molecule has 0 atom stereocenters. The van der Waals surface area contributed by atoms with Crippen LogP contribution in [0.2, 0.25) is 0 Å². The molecule has 1 aliphatic carbocycles. The Morgan fingerprint density at radius 1 is 1.21 bits per heavy atom. The molecular weight excluding hydrogens is 374 g/mol. The molecule has 0 radical (unpaired) electrons. The van der Waals surface area contributed by atoms with Gasteiger partial charge in [-0.3, -0.25) is 14.8 Å². The van der Waals surface area contributed by atoms with Crippen LogP contribution in [0, 0.1) is 0 Å². The molecule has 4 aromatic rings. The number of amides is 1. The monoisotopic (exact) mass is 389 g/mol. The van der Waals surface area contributed by atoms with E-state index in [1.165, 1.54) is 11.3 Å². The number of pyridine rings is 2. The number of thiazole rings is 1. The minimum Gasteiger partial charge on any atom is -0.308 e. The summed E-state index contributed by atoms with van der Waals surface area (Å²) in [6.45, 7) is 0. The van der Waals surface area contributed by atoms with Gasteiger partial charge in [0.05, 0.1) is 0 Å². The average molecular weight is 389 g/mol. The summed E-state index contributed by atoms with van der Waals surface area (Å²) in [6, 6.07) is 7.84. The Bertz CT molecular complexity index is 1130. The van der Waals surface area contributed by atoms with Gasteiger partial charge in [-0.05, 0) is 36.6 Å². The molecule has 1 amide bonds. The van der Waals surface area contributed by atoms with Gasteiger partial charge in [-0.15, -0.1) is 21.5 Å². The fourth-order valence-electron chi connectivity index (χ4n) is 2.90. The van der Waals surface area contributed by atoms with E-state index in [2.05, 4.69) is 30.5 Å². The van der Waals surface area contributed by atoms with Gasteiger partial charge >= 0.3 is 0 Å². The molecule has 1 aliphatic rings. The predicted molar refractivity (Wildman–Crippen MR) is 105 cm³/mol. The molecule has 0 saturated heterocycles. The van der Waals surface area contributed by atoms with E-state index >= 15 is 0 Å². The van der Waals surface area contributed by atoms with E-state index in [0.717, 1.165) is 34.8 Å². The molecular formula is C19H15N7OS. The minimum absolute atomic E-state index is 0.314. The zero-order chi connectivity index (χ0) is 18.9. The van der Waals surface area contributed by atoms with Gasteiger partial charge in [-0.1, -0.05) is 6.07 Å². The number of nitrogens with zero attached hydrogens (tertiary/aromatic N) is 6. The normalized spacial score (nSPS) is 13.4. The zero-order valence-electron chi connectivity index (χ0n) is 14.7. The van der Waals surface area contributed by atoms with Crippen LogP contribution in [0.15, 0.2) is 54.6 Å². The molecule has 8 nitrogen and oxygen atoms in total. The highest BCUT2D eigenvalue weighted by atomic mass is 32.1. The Balaban J connectivity index is 1.35. The zero-order valence-corrected chi connectivity index (χ0v) is 15.5. The highest BCUT2D eigenvalue weighted by molar-refractivity contribution is 7.13. The third-order valence-corrected chi connectivity index (χ3v) is 5.28. The van der Waals surface area contributed by atoms with Crippen molar-refractivity contribution in [1.82, 2.24) is 29.7 Å². The van der Waals surface area contributed by atoms with Crippen LogP contribution in [0.5, 0.6) is 0 Å². The number of hydrogen-bond donors (Lipinski definition) is 1. The molecule has 1 N–H and O–H groups in total. The van der Waals surface area contributed by atoms with Crippen molar-refractivity contribution in [3.05, 3.63) is 60.3 Å².